The lowest BCUT2D eigenvalue weighted by molar-refractivity contribution is 0.353. The maximum Gasteiger partial charge on any atom is 0.238 e. The van der Waals surface area contributed by atoms with Gasteiger partial charge in [-0.25, -0.2) is 13.6 Å². The molecule has 1 aromatic carbocycles. The highest BCUT2D eigenvalue weighted by atomic mass is 35.5. The summed E-state index contributed by atoms with van der Waals surface area (Å²) in [7, 11) is -3.75. The van der Waals surface area contributed by atoms with Crippen LogP contribution >= 0.6 is 23.2 Å². The van der Waals surface area contributed by atoms with Crippen molar-refractivity contribution in [3.63, 3.8) is 0 Å². The molecule has 0 unspecified atom stereocenters. The third-order valence-electron chi connectivity index (χ3n) is 2.76. The van der Waals surface area contributed by atoms with Crippen LogP contribution in [0, 0.1) is 20.8 Å². The predicted octanol–water partition coefficient (Wildman–Crippen LogP) is 2.96. The summed E-state index contributed by atoms with van der Waals surface area (Å²) in [6, 6.07) is 1.49. The third kappa shape index (κ3) is 3.86. The Kier molecular flexibility index (Phi) is 5.26. The van der Waals surface area contributed by atoms with Gasteiger partial charge in [-0.05, 0) is 43.5 Å². The molecule has 0 saturated carbocycles. The standard InChI is InChI=1S/C12H15Cl2NO3S/c1-7-4-11(19(15,16)17)8(2)9(3)12(7)18-6-10(14)5-13/h4-5H,6H2,1-3H3,(H2,15,16,17)/b10-5-. The van der Waals surface area contributed by atoms with Crippen molar-refractivity contribution in [3.05, 3.63) is 33.3 Å². The van der Waals surface area contributed by atoms with E-state index in [1.165, 1.54) is 11.6 Å². The van der Waals surface area contributed by atoms with E-state index in [2.05, 4.69) is 0 Å². The first-order valence-corrected chi connectivity index (χ1v) is 7.75. The molecule has 4 nitrogen and oxygen atoms in total. The van der Waals surface area contributed by atoms with Gasteiger partial charge in [-0.3, -0.25) is 0 Å². The van der Waals surface area contributed by atoms with Crippen LogP contribution in [-0.2, 0) is 10.0 Å². The molecule has 1 rings (SSSR count). The Hall–Kier alpha value is -0.750. The fourth-order valence-electron chi connectivity index (χ4n) is 1.71. The fraction of sp³-hybridized carbons (Fsp3) is 0.333. The summed E-state index contributed by atoms with van der Waals surface area (Å²) >= 11 is 11.2. The molecule has 0 radical (unpaired) electrons. The summed E-state index contributed by atoms with van der Waals surface area (Å²) in [4.78, 5) is 0.105. The molecule has 0 amide bonds. The van der Waals surface area contributed by atoms with Crippen LogP contribution in [0.1, 0.15) is 16.7 Å². The average molecular weight is 324 g/mol. The zero-order chi connectivity index (χ0) is 14.8. The minimum Gasteiger partial charge on any atom is -0.487 e. The first-order valence-electron chi connectivity index (χ1n) is 5.39. The van der Waals surface area contributed by atoms with Crippen molar-refractivity contribution in [3.8, 4) is 5.75 Å². The highest BCUT2D eigenvalue weighted by Crippen LogP contribution is 2.31. The summed E-state index contributed by atoms with van der Waals surface area (Å²) in [6.45, 7) is 5.32. The van der Waals surface area contributed by atoms with Gasteiger partial charge in [0.15, 0.2) is 0 Å². The lowest BCUT2D eigenvalue weighted by Crippen LogP contribution is -2.15. The number of aryl methyl sites for hydroxylation is 1. The molecule has 0 aromatic heterocycles. The van der Waals surface area contributed by atoms with Crippen molar-refractivity contribution in [1.82, 2.24) is 0 Å². The van der Waals surface area contributed by atoms with Crippen molar-refractivity contribution >= 4 is 33.2 Å². The normalized spacial score (nSPS) is 12.6. The second-order valence-electron chi connectivity index (χ2n) is 4.16. The van der Waals surface area contributed by atoms with E-state index in [9.17, 15) is 8.42 Å². The molecule has 0 heterocycles. The lowest BCUT2D eigenvalue weighted by Gasteiger charge is -2.16. The maximum absolute atomic E-state index is 11.5. The molecule has 0 fully saturated rings. The molecule has 0 aliphatic carbocycles. The van der Waals surface area contributed by atoms with Crippen LogP contribution in [0.25, 0.3) is 0 Å². The molecule has 0 bridgehead atoms. The Balaban J connectivity index is 3.27. The number of primary sulfonamides is 1. The number of benzene rings is 1. The Morgan fingerprint density at radius 2 is 1.95 bits per heavy atom. The van der Waals surface area contributed by atoms with E-state index in [0.717, 1.165) is 0 Å². The van der Waals surface area contributed by atoms with Crippen molar-refractivity contribution in [2.45, 2.75) is 25.7 Å². The first-order chi connectivity index (χ1) is 8.68. The van der Waals surface area contributed by atoms with Gasteiger partial charge in [-0.15, -0.1) is 0 Å². The number of sulfonamides is 1. The van der Waals surface area contributed by atoms with Gasteiger partial charge in [0.25, 0.3) is 0 Å². The highest BCUT2D eigenvalue weighted by Gasteiger charge is 2.18. The van der Waals surface area contributed by atoms with Crippen molar-refractivity contribution in [2.75, 3.05) is 6.61 Å². The zero-order valence-electron chi connectivity index (χ0n) is 10.8. The van der Waals surface area contributed by atoms with Gasteiger partial charge >= 0.3 is 0 Å². The second kappa shape index (κ2) is 6.13. The molecule has 0 atom stereocenters. The van der Waals surface area contributed by atoms with Gasteiger partial charge in [0.05, 0.1) is 9.93 Å². The summed E-state index contributed by atoms with van der Waals surface area (Å²) in [5.41, 5.74) is 3.17. The Morgan fingerprint density at radius 3 is 2.42 bits per heavy atom. The first kappa shape index (κ1) is 16.3. The molecular weight excluding hydrogens is 309 g/mol. The van der Waals surface area contributed by atoms with Crippen LogP contribution in [0.3, 0.4) is 0 Å². The number of ether oxygens (including phenoxy) is 1. The van der Waals surface area contributed by atoms with Gasteiger partial charge < -0.3 is 4.74 Å². The van der Waals surface area contributed by atoms with Crippen LogP contribution < -0.4 is 9.88 Å². The number of hydrogen-bond donors (Lipinski definition) is 1. The van der Waals surface area contributed by atoms with Gasteiger partial charge in [-0.2, -0.15) is 0 Å². The van der Waals surface area contributed by atoms with Crippen LogP contribution in [0.4, 0.5) is 0 Å². The number of nitrogens with two attached hydrogens (primary N) is 1. The lowest BCUT2D eigenvalue weighted by atomic mass is 10.1. The van der Waals surface area contributed by atoms with E-state index in [1.54, 1.807) is 20.8 Å². The topological polar surface area (TPSA) is 69.4 Å². The van der Waals surface area contributed by atoms with Gasteiger partial charge in [-0.1, -0.05) is 23.2 Å². The van der Waals surface area contributed by atoms with E-state index in [4.69, 9.17) is 33.1 Å². The smallest absolute Gasteiger partial charge is 0.238 e. The number of rotatable bonds is 4. The highest BCUT2D eigenvalue weighted by molar-refractivity contribution is 7.89. The minimum absolute atomic E-state index is 0.105. The average Bonchev–Trinajstić information content (AvgIpc) is 2.31. The SMILES string of the molecule is Cc1cc(S(N)(=O)=O)c(C)c(C)c1OC/C(Cl)=C/Cl. The molecule has 7 heteroatoms. The van der Waals surface area contributed by atoms with Crippen LogP contribution in [-0.4, -0.2) is 15.0 Å². The Bertz CT molecular complexity index is 624. The summed E-state index contributed by atoms with van der Waals surface area (Å²) < 4.78 is 28.5. The quantitative estimate of drug-likeness (QED) is 0.926. The molecule has 1 aromatic rings. The van der Waals surface area contributed by atoms with E-state index in [-0.39, 0.29) is 11.5 Å². The minimum atomic E-state index is -3.75. The summed E-state index contributed by atoms with van der Waals surface area (Å²) in [6.07, 6.45) is 0. The van der Waals surface area contributed by atoms with E-state index >= 15 is 0 Å². The largest absolute Gasteiger partial charge is 0.487 e. The predicted molar refractivity (Wildman–Crippen MR) is 77.3 cm³/mol. The number of hydrogen-bond acceptors (Lipinski definition) is 3. The molecule has 106 valence electrons. The fourth-order valence-corrected chi connectivity index (χ4v) is 2.75. The van der Waals surface area contributed by atoms with Crippen molar-refractivity contribution in [1.29, 1.82) is 0 Å². The molecule has 0 aliphatic heterocycles. The summed E-state index contributed by atoms with van der Waals surface area (Å²) in [5.74, 6) is 0.585. The molecule has 19 heavy (non-hydrogen) atoms. The molecule has 2 N–H and O–H groups in total. The van der Waals surface area contributed by atoms with E-state index in [0.29, 0.717) is 27.5 Å². The van der Waals surface area contributed by atoms with Gasteiger partial charge in [0.1, 0.15) is 12.4 Å². The van der Waals surface area contributed by atoms with E-state index < -0.39 is 10.0 Å². The maximum atomic E-state index is 11.5. The molecule has 0 saturated heterocycles. The van der Waals surface area contributed by atoms with Gasteiger partial charge in [0.2, 0.25) is 10.0 Å². The monoisotopic (exact) mass is 323 g/mol. The van der Waals surface area contributed by atoms with Gasteiger partial charge in [0, 0.05) is 5.54 Å². The van der Waals surface area contributed by atoms with E-state index in [1.807, 2.05) is 0 Å². The molecule has 0 spiro atoms. The third-order valence-corrected chi connectivity index (χ3v) is 4.39. The Morgan fingerprint density at radius 1 is 1.37 bits per heavy atom. The van der Waals surface area contributed by atoms with Crippen LogP contribution in [0.5, 0.6) is 5.75 Å². The Labute approximate surface area is 123 Å². The van der Waals surface area contributed by atoms with Crippen LogP contribution in [0.2, 0.25) is 0 Å². The van der Waals surface area contributed by atoms with Crippen molar-refractivity contribution in [2.24, 2.45) is 5.14 Å². The van der Waals surface area contributed by atoms with Crippen LogP contribution in [0.15, 0.2) is 21.5 Å². The molecule has 0 aliphatic rings. The number of halogens is 2. The van der Waals surface area contributed by atoms with Crippen molar-refractivity contribution < 1.29 is 13.2 Å². The second-order valence-corrected chi connectivity index (χ2v) is 6.39. The zero-order valence-corrected chi connectivity index (χ0v) is 13.2. The summed E-state index contributed by atoms with van der Waals surface area (Å²) in [5, 5.41) is 5.53. The molecular formula is C12H15Cl2NO3S.